The van der Waals surface area contributed by atoms with Crippen LogP contribution in [0.4, 0.5) is 4.39 Å². The topological polar surface area (TPSA) is 20.3 Å². The van der Waals surface area contributed by atoms with Crippen molar-refractivity contribution in [3.63, 3.8) is 0 Å². The lowest BCUT2D eigenvalue weighted by atomic mass is 9.90. The highest BCUT2D eigenvalue weighted by molar-refractivity contribution is 5.89. The van der Waals surface area contributed by atoms with Gasteiger partial charge in [0.15, 0.2) is 5.78 Å². The van der Waals surface area contributed by atoms with E-state index in [2.05, 4.69) is 18.7 Å². The lowest BCUT2D eigenvalue weighted by molar-refractivity contribution is -0.128. The van der Waals surface area contributed by atoms with Crippen molar-refractivity contribution < 1.29 is 9.18 Å². The summed E-state index contributed by atoms with van der Waals surface area (Å²) >= 11 is 0. The lowest BCUT2D eigenvalue weighted by Gasteiger charge is -2.36. The van der Waals surface area contributed by atoms with E-state index in [0.29, 0.717) is 6.42 Å². The van der Waals surface area contributed by atoms with Gasteiger partial charge in [-0.25, -0.2) is 4.39 Å². The molecule has 0 saturated carbocycles. The average molecular weight is 265 g/mol. The molecule has 0 saturated heterocycles. The Morgan fingerprint density at radius 2 is 1.84 bits per heavy atom. The Morgan fingerprint density at radius 1 is 1.26 bits per heavy atom. The number of nitrogens with zero attached hydrogens (tertiary/aromatic N) is 1. The summed E-state index contributed by atoms with van der Waals surface area (Å²) in [5.41, 5.74) is 1.26. The third kappa shape index (κ3) is 3.63. The molecule has 19 heavy (non-hydrogen) atoms. The highest BCUT2D eigenvalue weighted by Gasteiger charge is 2.32. The van der Waals surface area contributed by atoms with Crippen LogP contribution in [-0.4, -0.2) is 29.3 Å². The zero-order valence-electron chi connectivity index (χ0n) is 12.6. The Kier molecular flexibility index (Phi) is 5.24. The first-order chi connectivity index (χ1) is 8.82. The van der Waals surface area contributed by atoms with Gasteiger partial charge in [0.05, 0.1) is 5.54 Å². The van der Waals surface area contributed by atoms with Gasteiger partial charge in [-0.2, -0.15) is 0 Å². The molecule has 0 bridgehead atoms. The minimum absolute atomic E-state index is 0.172. The molecule has 0 spiro atoms. The van der Waals surface area contributed by atoms with Gasteiger partial charge in [-0.1, -0.05) is 19.9 Å². The van der Waals surface area contributed by atoms with Crippen molar-refractivity contribution in [1.82, 2.24) is 4.90 Å². The number of Topliss-reactive ketones (excluding diaryl/α,β-unsaturated/α-hetero) is 1. The number of ketones is 1. The number of aryl methyl sites for hydroxylation is 1. The first-order valence-corrected chi connectivity index (χ1v) is 6.86. The molecule has 0 heterocycles. The summed E-state index contributed by atoms with van der Waals surface area (Å²) in [6.45, 7) is 11.6. The van der Waals surface area contributed by atoms with Crippen LogP contribution in [-0.2, 0) is 11.2 Å². The predicted octanol–water partition coefficient (Wildman–Crippen LogP) is 3.37. The molecule has 1 aromatic carbocycles. The molecule has 0 amide bonds. The van der Waals surface area contributed by atoms with Gasteiger partial charge in [-0.3, -0.25) is 9.69 Å². The third-order valence-electron chi connectivity index (χ3n) is 3.89. The number of carbonyl (C=O) groups excluding carboxylic acids is 1. The molecule has 0 fully saturated rings. The second kappa shape index (κ2) is 6.29. The highest BCUT2D eigenvalue weighted by Crippen LogP contribution is 2.20. The second-order valence-electron chi connectivity index (χ2n) is 5.40. The maximum atomic E-state index is 13.1. The molecule has 106 valence electrons. The molecule has 0 aliphatic rings. The van der Waals surface area contributed by atoms with Crippen molar-refractivity contribution in [2.75, 3.05) is 13.1 Å². The molecule has 1 rings (SSSR count). The molecule has 1 aromatic rings. The van der Waals surface area contributed by atoms with Crippen LogP contribution in [0, 0.1) is 12.7 Å². The van der Waals surface area contributed by atoms with Gasteiger partial charge in [0.2, 0.25) is 0 Å². The van der Waals surface area contributed by atoms with Crippen molar-refractivity contribution in [2.24, 2.45) is 0 Å². The van der Waals surface area contributed by atoms with Crippen molar-refractivity contribution in [2.45, 2.75) is 46.6 Å². The summed E-state index contributed by atoms with van der Waals surface area (Å²) in [7, 11) is 0. The quantitative estimate of drug-likeness (QED) is 0.786. The highest BCUT2D eigenvalue weighted by atomic mass is 19.1. The number of likely N-dealkylation sites (N-methyl/N-ethyl adjacent to an activating group) is 1. The van der Waals surface area contributed by atoms with E-state index >= 15 is 0 Å². The smallest absolute Gasteiger partial charge is 0.156 e. The van der Waals surface area contributed by atoms with Crippen LogP contribution in [0.25, 0.3) is 0 Å². The Bertz CT molecular complexity index is 450. The minimum Gasteiger partial charge on any atom is -0.297 e. The number of benzene rings is 1. The Balaban J connectivity index is 2.89. The van der Waals surface area contributed by atoms with Gasteiger partial charge in [-0.05, 0) is 57.1 Å². The number of rotatable bonds is 6. The molecule has 0 aromatic heterocycles. The van der Waals surface area contributed by atoms with Gasteiger partial charge < -0.3 is 0 Å². The molecule has 0 atom stereocenters. The number of carbonyl (C=O) groups is 1. The summed E-state index contributed by atoms with van der Waals surface area (Å²) < 4.78 is 13.1. The number of hydrogen-bond acceptors (Lipinski definition) is 2. The predicted molar refractivity (Wildman–Crippen MR) is 76.8 cm³/mol. The van der Waals surface area contributed by atoms with E-state index in [1.54, 1.807) is 6.07 Å². The van der Waals surface area contributed by atoms with Gasteiger partial charge in [0, 0.05) is 6.42 Å². The summed E-state index contributed by atoms with van der Waals surface area (Å²) in [5, 5.41) is 0. The van der Waals surface area contributed by atoms with E-state index in [9.17, 15) is 9.18 Å². The molecular weight excluding hydrogens is 241 g/mol. The minimum atomic E-state index is -0.482. The fraction of sp³-hybridized carbons (Fsp3) is 0.562. The lowest BCUT2D eigenvalue weighted by Crippen LogP contribution is -2.50. The van der Waals surface area contributed by atoms with E-state index in [1.165, 1.54) is 12.1 Å². The van der Waals surface area contributed by atoms with Crippen LogP contribution >= 0.6 is 0 Å². The fourth-order valence-electron chi connectivity index (χ4n) is 2.44. The summed E-state index contributed by atoms with van der Waals surface area (Å²) in [6.07, 6.45) is 0.357. The van der Waals surface area contributed by atoms with E-state index in [1.807, 2.05) is 20.8 Å². The fourth-order valence-corrected chi connectivity index (χ4v) is 2.44. The normalized spacial score (nSPS) is 11.9. The molecule has 3 heteroatoms. The first kappa shape index (κ1) is 15.8. The summed E-state index contributed by atoms with van der Waals surface area (Å²) in [4.78, 5) is 14.6. The third-order valence-corrected chi connectivity index (χ3v) is 3.89. The molecular formula is C16H24FNO. The van der Waals surface area contributed by atoms with Gasteiger partial charge in [0.25, 0.3) is 0 Å². The molecule has 0 N–H and O–H groups in total. The first-order valence-electron chi connectivity index (χ1n) is 6.86. The van der Waals surface area contributed by atoms with Crippen molar-refractivity contribution in [1.29, 1.82) is 0 Å². The van der Waals surface area contributed by atoms with E-state index in [4.69, 9.17) is 0 Å². The Morgan fingerprint density at radius 3 is 2.32 bits per heavy atom. The maximum absolute atomic E-state index is 13.1. The van der Waals surface area contributed by atoms with E-state index in [-0.39, 0.29) is 11.6 Å². The van der Waals surface area contributed by atoms with Crippen LogP contribution in [0.3, 0.4) is 0 Å². The van der Waals surface area contributed by atoms with Crippen LogP contribution in [0.15, 0.2) is 18.2 Å². The van der Waals surface area contributed by atoms with Crippen molar-refractivity contribution in [3.8, 4) is 0 Å². The molecule has 0 aliphatic carbocycles. The van der Waals surface area contributed by atoms with Gasteiger partial charge >= 0.3 is 0 Å². The summed E-state index contributed by atoms with van der Waals surface area (Å²) in [5.74, 6) is -0.0809. The molecule has 0 aliphatic heterocycles. The van der Waals surface area contributed by atoms with Crippen LogP contribution in [0.5, 0.6) is 0 Å². The number of hydrogen-bond donors (Lipinski definition) is 0. The van der Waals surface area contributed by atoms with Crippen LogP contribution < -0.4 is 0 Å². The monoisotopic (exact) mass is 265 g/mol. The molecule has 2 nitrogen and oxygen atoms in total. The zero-order valence-corrected chi connectivity index (χ0v) is 12.6. The SMILES string of the molecule is CCN(CC)C(C)(C)C(=O)Cc1ccc(F)cc1C. The Labute approximate surface area is 115 Å². The van der Waals surface area contributed by atoms with Crippen molar-refractivity contribution in [3.05, 3.63) is 35.1 Å². The maximum Gasteiger partial charge on any atom is 0.156 e. The van der Waals surface area contributed by atoms with E-state index in [0.717, 1.165) is 24.2 Å². The number of halogens is 1. The van der Waals surface area contributed by atoms with E-state index < -0.39 is 5.54 Å². The standard InChI is InChI=1S/C16H24FNO/c1-6-18(7-2)16(4,5)15(19)11-13-8-9-14(17)10-12(13)3/h8-10H,6-7,11H2,1-5H3. The second-order valence-corrected chi connectivity index (χ2v) is 5.40. The molecule has 0 unspecified atom stereocenters. The average Bonchev–Trinajstić information content (AvgIpc) is 2.33. The summed E-state index contributed by atoms with van der Waals surface area (Å²) in [6, 6.07) is 4.61. The largest absolute Gasteiger partial charge is 0.297 e. The van der Waals surface area contributed by atoms with Crippen molar-refractivity contribution >= 4 is 5.78 Å². The molecule has 0 radical (unpaired) electrons. The zero-order chi connectivity index (χ0) is 14.6. The van der Waals surface area contributed by atoms with Crippen LogP contribution in [0.2, 0.25) is 0 Å². The Hall–Kier alpha value is -1.22. The van der Waals surface area contributed by atoms with Gasteiger partial charge in [0.1, 0.15) is 5.82 Å². The van der Waals surface area contributed by atoms with Crippen LogP contribution in [0.1, 0.15) is 38.8 Å². The van der Waals surface area contributed by atoms with Gasteiger partial charge in [-0.15, -0.1) is 0 Å².